The average molecular weight is 447 g/mol. The zero-order valence-electron chi connectivity index (χ0n) is 15.4. The summed E-state index contributed by atoms with van der Waals surface area (Å²) in [5.74, 6) is 1.83. The van der Waals surface area contributed by atoms with Crippen LogP contribution in [0.15, 0.2) is 23.5 Å². The number of aryl methyl sites for hydroxylation is 1. The molecule has 0 radical (unpaired) electrons. The Bertz CT molecular complexity index is 478. The molecule has 2 rings (SSSR count). The maximum Gasteiger partial charge on any atom is 0.191 e. The highest BCUT2D eigenvalue weighted by Gasteiger charge is 2.14. The van der Waals surface area contributed by atoms with Crippen molar-refractivity contribution in [2.24, 2.45) is 18.0 Å². The van der Waals surface area contributed by atoms with E-state index in [0.29, 0.717) is 0 Å². The van der Waals surface area contributed by atoms with Crippen LogP contribution >= 0.6 is 24.0 Å². The fourth-order valence-corrected chi connectivity index (χ4v) is 2.96. The Kier molecular flexibility index (Phi) is 10.4. The number of hydrogen-bond donors (Lipinski definition) is 2. The lowest BCUT2D eigenvalue weighted by Crippen LogP contribution is -2.39. The molecule has 1 aliphatic rings. The Morgan fingerprint density at radius 3 is 2.67 bits per heavy atom. The molecule has 0 unspecified atom stereocenters. The predicted octanol–water partition coefficient (Wildman–Crippen LogP) is 2.82. The number of likely N-dealkylation sites (tertiary alicyclic amines) is 1. The zero-order valence-corrected chi connectivity index (χ0v) is 17.8. The van der Waals surface area contributed by atoms with E-state index in [1.165, 1.54) is 44.5 Å². The Morgan fingerprint density at radius 1 is 1.29 bits per heavy atom. The van der Waals surface area contributed by atoms with Crippen LogP contribution in [-0.4, -0.2) is 48.2 Å². The molecule has 1 saturated heterocycles. The van der Waals surface area contributed by atoms with Crippen molar-refractivity contribution in [1.29, 1.82) is 0 Å². The highest BCUT2D eigenvalue weighted by molar-refractivity contribution is 14.0. The molecular weight excluding hydrogens is 413 g/mol. The van der Waals surface area contributed by atoms with Gasteiger partial charge in [0.25, 0.3) is 0 Å². The maximum atomic E-state index is 4.66. The molecule has 0 bridgehead atoms. The van der Waals surface area contributed by atoms with Crippen LogP contribution in [0.3, 0.4) is 0 Å². The largest absolute Gasteiger partial charge is 0.357 e. The summed E-state index contributed by atoms with van der Waals surface area (Å²) in [5, 5.41) is 6.77. The van der Waals surface area contributed by atoms with E-state index in [4.69, 9.17) is 0 Å². The summed E-state index contributed by atoms with van der Waals surface area (Å²) in [4.78, 5) is 7.25. The van der Waals surface area contributed by atoms with Gasteiger partial charge in [0.05, 0.1) is 6.54 Å². The maximum absolute atomic E-state index is 4.66. The van der Waals surface area contributed by atoms with Crippen molar-refractivity contribution < 1.29 is 0 Å². The van der Waals surface area contributed by atoms with Gasteiger partial charge in [-0.2, -0.15) is 0 Å². The summed E-state index contributed by atoms with van der Waals surface area (Å²) >= 11 is 0. The van der Waals surface area contributed by atoms with Crippen molar-refractivity contribution in [2.45, 2.75) is 39.7 Å². The highest BCUT2D eigenvalue weighted by atomic mass is 127. The number of rotatable bonds is 7. The average Bonchev–Trinajstić information content (AvgIpc) is 2.96. The van der Waals surface area contributed by atoms with Crippen LogP contribution in [0.25, 0.3) is 0 Å². The fourth-order valence-electron chi connectivity index (χ4n) is 2.96. The smallest absolute Gasteiger partial charge is 0.191 e. The molecule has 2 heterocycles. The van der Waals surface area contributed by atoms with Crippen LogP contribution < -0.4 is 10.6 Å². The molecule has 0 spiro atoms. The lowest BCUT2D eigenvalue weighted by Gasteiger charge is -2.30. The molecule has 6 heteroatoms. The first kappa shape index (κ1) is 21.3. The van der Waals surface area contributed by atoms with Crippen LogP contribution in [0.4, 0.5) is 0 Å². The molecule has 24 heavy (non-hydrogen) atoms. The van der Waals surface area contributed by atoms with E-state index >= 15 is 0 Å². The normalized spacial score (nSPS) is 16.7. The first-order valence-corrected chi connectivity index (χ1v) is 9.02. The van der Waals surface area contributed by atoms with Crippen LogP contribution in [0.2, 0.25) is 0 Å². The number of piperidine rings is 1. The molecule has 1 fully saturated rings. The highest BCUT2D eigenvalue weighted by Crippen LogP contribution is 2.15. The third-order valence-corrected chi connectivity index (χ3v) is 4.48. The minimum atomic E-state index is 0. The number of halogens is 1. The standard InChI is InChI=1S/C18H33N5.HI/c1-4-19-18(21-14-17-8-11-22(3)15-17)20-9-5-10-23-12-6-16(2)7-13-23;/h8,11,15-16H,4-7,9-10,12-14H2,1-3H3,(H2,19,20,21);1H. The summed E-state index contributed by atoms with van der Waals surface area (Å²) in [6, 6.07) is 2.12. The number of hydrogen-bond acceptors (Lipinski definition) is 2. The number of nitrogens with zero attached hydrogens (tertiary/aromatic N) is 3. The van der Waals surface area contributed by atoms with E-state index in [0.717, 1.165) is 31.5 Å². The third kappa shape index (κ3) is 7.88. The van der Waals surface area contributed by atoms with Gasteiger partial charge in [-0.15, -0.1) is 24.0 Å². The molecule has 0 aromatic carbocycles. The molecule has 1 aromatic rings. The van der Waals surface area contributed by atoms with Gasteiger partial charge < -0.3 is 20.1 Å². The lowest BCUT2D eigenvalue weighted by molar-refractivity contribution is 0.191. The molecular formula is C18H34IN5. The monoisotopic (exact) mass is 447 g/mol. The van der Waals surface area contributed by atoms with Crippen molar-refractivity contribution in [3.8, 4) is 0 Å². The number of guanidine groups is 1. The fraction of sp³-hybridized carbons (Fsp3) is 0.722. The predicted molar refractivity (Wildman–Crippen MR) is 113 cm³/mol. The van der Waals surface area contributed by atoms with Gasteiger partial charge in [0.1, 0.15) is 0 Å². The van der Waals surface area contributed by atoms with Crippen molar-refractivity contribution in [2.75, 3.05) is 32.7 Å². The molecule has 0 saturated carbocycles. The van der Waals surface area contributed by atoms with Gasteiger partial charge >= 0.3 is 0 Å². The summed E-state index contributed by atoms with van der Waals surface area (Å²) in [7, 11) is 2.04. The quantitative estimate of drug-likeness (QED) is 0.293. The van der Waals surface area contributed by atoms with Crippen molar-refractivity contribution in [3.05, 3.63) is 24.0 Å². The molecule has 0 amide bonds. The first-order valence-electron chi connectivity index (χ1n) is 9.02. The Balaban J connectivity index is 0.00000288. The molecule has 138 valence electrons. The number of nitrogens with one attached hydrogen (secondary N) is 2. The van der Waals surface area contributed by atoms with E-state index in [-0.39, 0.29) is 24.0 Å². The molecule has 0 aliphatic carbocycles. The summed E-state index contributed by atoms with van der Waals surface area (Å²) in [6.07, 6.45) is 8.06. The Hall–Kier alpha value is -0.760. The second kappa shape index (κ2) is 11.7. The summed E-state index contributed by atoms with van der Waals surface area (Å²) in [6.45, 7) is 10.8. The van der Waals surface area contributed by atoms with E-state index in [2.05, 4.69) is 57.4 Å². The number of aliphatic imine (C=N–C) groups is 1. The Labute approximate surface area is 164 Å². The van der Waals surface area contributed by atoms with E-state index in [1.54, 1.807) is 0 Å². The van der Waals surface area contributed by atoms with E-state index < -0.39 is 0 Å². The van der Waals surface area contributed by atoms with Gasteiger partial charge in [0, 0.05) is 32.5 Å². The second-order valence-electron chi connectivity index (χ2n) is 6.68. The SMILES string of the molecule is CCNC(=NCc1ccn(C)c1)NCCCN1CCC(C)CC1.I. The molecule has 1 aromatic heterocycles. The minimum absolute atomic E-state index is 0. The van der Waals surface area contributed by atoms with Gasteiger partial charge in [0.15, 0.2) is 5.96 Å². The van der Waals surface area contributed by atoms with Gasteiger partial charge in [-0.1, -0.05) is 6.92 Å². The number of aromatic nitrogens is 1. The van der Waals surface area contributed by atoms with Crippen molar-refractivity contribution >= 4 is 29.9 Å². The van der Waals surface area contributed by atoms with Crippen molar-refractivity contribution in [1.82, 2.24) is 20.1 Å². The lowest BCUT2D eigenvalue weighted by atomic mass is 9.99. The van der Waals surface area contributed by atoms with E-state index in [1.807, 2.05) is 7.05 Å². The summed E-state index contributed by atoms with van der Waals surface area (Å²) < 4.78 is 2.06. The zero-order chi connectivity index (χ0) is 16.5. The Morgan fingerprint density at radius 2 is 2.04 bits per heavy atom. The molecule has 0 atom stereocenters. The van der Waals surface area contributed by atoms with Gasteiger partial charge in [0.2, 0.25) is 0 Å². The molecule has 5 nitrogen and oxygen atoms in total. The molecule has 2 N–H and O–H groups in total. The summed E-state index contributed by atoms with van der Waals surface area (Å²) in [5.41, 5.74) is 1.24. The van der Waals surface area contributed by atoms with Crippen LogP contribution in [0, 0.1) is 5.92 Å². The van der Waals surface area contributed by atoms with Gasteiger partial charge in [-0.05, 0) is 63.4 Å². The van der Waals surface area contributed by atoms with Crippen molar-refractivity contribution in [3.63, 3.8) is 0 Å². The second-order valence-corrected chi connectivity index (χ2v) is 6.68. The van der Waals surface area contributed by atoms with Crippen LogP contribution in [0.5, 0.6) is 0 Å². The first-order chi connectivity index (χ1) is 11.2. The van der Waals surface area contributed by atoms with Crippen LogP contribution in [-0.2, 0) is 13.6 Å². The minimum Gasteiger partial charge on any atom is -0.357 e. The topological polar surface area (TPSA) is 44.6 Å². The third-order valence-electron chi connectivity index (χ3n) is 4.48. The van der Waals surface area contributed by atoms with Crippen LogP contribution in [0.1, 0.15) is 38.7 Å². The van der Waals surface area contributed by atoms with Gasteiger partial charge in [-0.3, -0.25) is 0 Å². The molecule has 1 aliphatic heterocycles. The van der Waals surface area contributed by atoms with Gasteiger partial charge in [-0.25, -0.2) is 4.99 Å². The van der Waals surface area contributed by atoms with E-state index in [9.17, 15) is 0 Å².